The van der Waals surface area contributed by atoms with Crippen LogP contribution >= 0.6 is 0 Å². The van der Waals surface area contributed by atoms with E-state index < -0.39 is 10.0 Å². The zero-order valence-electron chi connectivity index (χ0n) is 13.5. The summed E-state index contributed by atoms with van der Waals surface area (Å²) in [5.74, 6) is -0.174. The number of aryl methyl sites for hydroxylation is 2. The van der Waals surface area contributed by atoms with Crippen LogP contribution in [0.15, 0.2) is 11.0 Å². The molecule has 0 heterocycles. The maximum Gasteiger partial charge on any atom is 0.257 e. The molecule has 0 unspecified atom stereocenters. The number of amides is 1. The van der Waals surface area contributed by atoms with Gasteiger partial charge < -0.3 is 0 Å². The zero-order chi connectivity index (χ0) is 16.4. The van der Waals surface area contributed by atoms with Gasteiger partial charge in [-0.05, 0) is 55.9 Å². The lowest BCUT2D eigenvalue weighted by atomic mass is 10.0. The second kappa shape index (κ2) is 6.58. The van der Waals surface area contributed by atoms with Gasteiger partial charge in [0.25, 0.3) is 10.0 Å². The summed E-state index contributed by atoms with van der Waals surface area (Å²) in [5, 5.41) is 0. The van der Waals surface area contributed by atoms with Gasteiger partial charge >= 0.3 is 0 Å². The molecule has 0 aliphatic carbocycles. The normalized spacial score (nSPS) is 11.8. The molecule has 2 N–H and O–H groups in total. The van der Waals surface area contributed by atoms with Gasteiger partial charge in [-0.2, -0.15) is 0 Å². The SMILES string of the molecule is Cc1cc(C)c(C)c(S(=O)(=O)NNC(=O)CC(C)C)c1C. The average molecular weight is 312 g/mol. The highest BCUT2D eigenvalue weighted by Gasteiger charge is 2.22. The van der Waals surface area contributed by atoms with Gasteiger partial charge in [0.15, 0.2) is 0 Å². The summed E-state index contributed by atoms with van der Waals surface area (Å²) in [7, 11) is -3.78. The first-order valence-corrected chi connectivity index (χ1v) is 8.42. The van der Waals surface area contributed by atoms with Crippen LogP contribution in [0.1, 0.15) is 42.5 Å². The van der Waals surface area contributed by atoms with Crippen molar-refractivity contribution < 1.29 is 13.2 Å². The number of hydrogen-bond donors (Lipinski definition) is 2. The largest absolute Gasteiger partial charge is 0.278 e. The Balaban J connectivity index is 3.07. The molecule has 118 valence electrons. The minimum atomic E-state index is -3.78. The van der Waals surface area contributed by atoms with Crippen molar-refractivity contribution in [2.45, 2.75) is 52.9 Å². The van der Waals surface area contributed by atoms with E-state index in [9.17, 15) is 13.2 Å². The molecule has 0 fully saturated rings. The molecule has 0 spiro atoms. The fraction of sp³-hybridized carbons (Fsp3) is 0.533. The second-order valence-electron chi connectivity index (χ2n) is 5.84. The van der Waals surface area contributed by atoms with Crippen molar-refractivity contribution in [2.24, 2.45) is 5.92 Å². The Morgan fingerprint density at radius 3 is 2.00 bits per heavy atom. The number of hydrazine groups is 1. The molecule has 1 aromatic carbocycles. The van der Waals surface area contributed by atoms with Gasteiger partial charge in [0.2, 0.25) is 5.91 Å². The number of hydrogen-bond acceptors (Lipinski definition) is 3. The third-order valence-corrected chi connectivity index (χ3v) is 5.01. The Morgan fingerprint density at radius 1 is 1.10 bits per heavy atom. The van der Waals surface area contributed by atoms with Crippen LogP contribution in [0.3, 0.4) is 0 Å². The van der Waals surface area contributed by atoms with Gasteiger partial charge in [-0.3, -0.25) is 10.2 Å². The van der Waals surface area contributed by atoms with Crippen LogP contribution in [0.2, 0.25) is 0 Å². The molecule has 0 bridgehead atoms. The van der Waals surface area contributed by atoms with Crippen molar-refractivity contribution in [3.05, 3.63) is 28.3 Å². The minimum Gasteiger partial charge on any atom is -0.278 e. The first kappa shape index (κ1) is 17.7. The molecule has 21 heavy (non-hydrogen) atoms. The van der Waals surface area contributed by atoms with Gasteiger partial charge in [0.1, 0.15) is 0 Å². The van der Waals surface area contributed by atoms with Gasteiger partial charge in [-0.25, -0.2) is 8.42 Å². The first-order chi connectivity index (χ1) is 9.56. The number of benzene rings is 1. The van der Waals surface area contributed by atoms with E-state index in [2.05, 4.69) is 10.3 Å². The van der Waals surface area contributed by atoms with E-state index in [4.69, 9.17) is 0 Å². The van der Waals surface area contributed by atoms with Crippen molar-refractivity contribution in [3.63, 3.8) is 0 Å². The molecule has 6 heteroatoms. The van der Waals surface area contributed by atoms with Crippen molar-refractivity contribution in [3.8, 4) is 0 Å². The molecule has 0 saturated heterocycles. The number of carbonyl (C=O) groups is 1. The molecule has 0 radical (unpaired) electrons. The number of carbonyl (C=O) groups excluding carboxylic acids is 1. The second-order valence-corrected chi connectivity index (χ2v) is 7.46. The minimum absolute atomic E-state index is 0.166. The number of sulfonamides is 1. The summed E-state index contributed by atoms with van der Waals surface area (Å²) >= 11 is 0. The Labute approximate surface area is 127 Å². The van der Waals surface area contributed by atoms with E-state index in [1.807, 2.05) is 33.8 Å². The fourth-order valence-electron chi connectivity index (χ4n) is 2.18. The third kappa shape index (κ3) is 4.28. The van der Waals surface area contributed by atoms with E-state index in [0.29, 0.717) is 11.1 Å². The van der Waals surface area contributed by atoms with E-state index >= 15 is 0 Å². The summed E-state index contributed by atoms with van der Waals surface area (Å²) in [6, 6.07) is 1.96. The average Bonchev–Trinajstić information content (AvgIpc) is 2.33. The maximum atomic E-state index is 12.4. The lowest BCUT2D eigenvalue weighted by Gasteiger charge is -2.16. The van der Waals surface area contributed by atoms with Crippen molar-refractivity contribution in [1.82, 2.24) is 10.3 Å². The number of nitrogens with one attached hydrogen (secondary N) is 2. The van der Waals surface area contributed by atoms with Crippen LogP contribution in [0.25, 0.3) is 0 Å². The quantitative estimate of drug-likeness (QED) is 0.819. The van der Waals surface area contributed by atoms with E-state index in [1.165, 1.54) is 0 Å². The van der Waals surface area contributed by atoms with Gasteiger partial charge in [0.05, 0.1) is 4.90 Å². The fourth-order valence-corrected chi connectivity index (χ4v) is 3.66. The van der Waals surface area contributed by atoms with Crippen LogP contribution in [-0.4, -0.2) is 14.3 Å². The maximum absolute atomic E-state index is 12.4. The lowest BCUT2D eigenvalue weighted by Crippen LogP contribution is -2.42. The molecule has 5 nitrogen and oxygen atoms in total. The Hall–Kier alpha value is -1.40. The molecule has 1 rings (SSSR count). The van der Waals surface area contributed by atoms with Gasteiger partial charge in [-0.15, -0.1) is 4.83 Å². The van der Waals surface area contributed by atoms with Crippen LogP contribution in [0, 0.1) is 33.6 Å². The zero-order valence-corrected chi connectivity index (χ0v) is 14.3. The van der Waals surface area contributed by atoms with E-state index in [1.54, 1.807) is 13.8 Å². The summed E-state index contributed by atoms with van der Waals surface area (Å²) in [5.41, 5.74) is 5.48. The molecule has 1 aromatic rings. The summed E-state index contributed by atoms with van der Waals surface area (Å²) in [6.45, 7) is 11.1. The van der Waals surface area contributed by atoms with Crippen molar-refractivity contribution in [2.75, 3.05) is 0 Å². The molecule has 1 amide bonds. The summed E-state index contributed by atoms with van der Waals surface area (Å²) < 4.78 is 24.9. The van der Waals surface area contributed by atoms with Gasteiger partial charge in [-0.1, -0.05) is 19.9 Å². The standard InChI is InChI=1S/C15H24N2O3S/c1-9(2)7-14(18)16-17-21(19,20)15-12(5)10(3)8-11(4)13(15)6/h8-9,17H,7H2,1-6H3,(H,16,18). The molecule has 0 aliphatic heterocycles. The highest BCUT2D eigenvalue weighted by atomic mass is 32.2. The Kier molecular flexibility index (Phi) is 5.53. The molecule has 0 saturated carbocycles. The highest BCUT2D eigenvalue weighted by molar-refractivity contribution is 7.89. The summed E-state index contributed by atoms with van der Waals surface area (Å²) in [4.78, 5) is 14.0. The Morgan fingerprint density at radius 2 is 1.57 bits per heavy atom. The van der Waals surface area contributed by atoms with E-state index in [-0.39, 0.29) is 23.1 Å². The molecular weight excluding hydrogens is 288 g/mol. The molecule has 0 atom stereocenters. The third-order valence-electron chi connectivity index (χ3n) is 3.48. The predicted molar refractivity (Wildman–Crippen MR) is 83.3 cm³/mol. The smallest absolute Gasteiger partial charge is 0.257 e. The monoisotopic (exact) mass is 312 g/mol. The van der Waals surface area contributed by atoms with Crippen LogP contribution in [0.5, 0.6) is 0 Å². The van der Waals surface area contributed by atoms with Crippen LogP contribution in [-0.2, 0) is 14.8 Å². The molecule has 0 aromatic heterocycles. The Bertz CT molecular complexity index is 623. The van der Waals surface area contributed by atoms with Gasteiger partial charge in [0, 0.05) is 6.42 Å². The number of rotatable bonds is 5. The summed E-state index contributed by atoms with van der Waals surface area (Å²) in [6.07, 6.45) is 0.271. The molecule has 0 aliphatic rings. The lowest BCUT2D eigenvalue weighted by molar-refractivity contribution is -0.122. The first-order valence-electron chi connectivity index (χ1n) is 6.94. The van der Waals surface area contributed by atoms with Crippen molar-refractivity contribution in [1.29, 1.82) is 0 Å². The highest BCUT2D eigenvalue weighted by Crippen LogP contribution is 2.25. The van der Waals surface area contributed by atoms with Crippen LogP contribution < -0.4 is 10.3 Å². The van der Waals surface area contributed by atoms with Crippen LogP contribution in [0.4, 0.5) is 0 Å². The predicted octanol–water partition coefficient (Wildman–Crippen LogP) is 2.28. The molecular formula is C15H24N2O3S. The van der Waals surface area contributed by atoms with Crippen molar-refractivity contribution >= 4 is 15.9 Å². The topological polar surface area (TPSA) is 75.3 Å². The van der Waals surface area contributed by atoms with E-state index in [0.717, 1.165) is 11.1 Å².